The maximum Gasteiger partial charge on any atom is 0.410 e. The zero-order valence-corrected chi connectivity index (χ0v) is 22.5. The number of aryl methyl sites for hydroxylation is 1. The molecular weight excluding hydrogens is 500 g/mol. The summed E-state index contributed by atoms with van der Waals surface area (Å²) >= 11 is 1.60. The van der Waals surface area contributed by atoms with Gasteiger partial charge in [-0.3, -0.25) is 0 Å². The average molecular weight is 529 g/mol. The van der Waals surface area contributed by atoms with Crippen LogP contribution in [0.2, 0.25) is 0 Å². The Morgan fingerprint density at radius 2 is 2.00 bits per heavy atom. The molecule has 9 nitrogen and oxygen atoms in total. The molecule has 10 heteroatoms. The zero-order valence-electron chi connectivity index (χ0n) is 21.7. The Labute approximate surface area is 224 Å². The lowest BCUT2D eigenvalue weighted by Crippen LogP contribution is -2.39. The molecule has 1 aromatic carbocycles. The lowest BCUT2D eigenvalue weighted by Gasteiger charge is -2.30. The van der Waals surface area contributed by atoms with Gasteiger partial charge in [-0.1, -0.05) is 0 Å². The van der Waals surface area contributed by atoms with E-state index in [4.69, 9.17) is 9.47 Å². The average Bonchev–Trinajstić information content (AvgIpc) is 3.48. The normalized spacial score (nSPS) is 13.5. The van der Waals surface area contributed by atoms with Crippen molar-refractivity contribution >= 4 is 44.8 Å². The highest BCUT2D eigenvalue weighted by molar-refractivity contribution is 7.19. The number of aromatic nitrogens is 4. The summed E-state index contributed by atoms with van der Waals surface area (Å²) in [6.45, 7) is 8.78. The summed E-state index contributed by atoms with van der Waals surface area (Å²) in [6.07, 6.45) is 7.58. The number of ether oxygens (including phenoxy) is 2. The number of carbonyl (C=O) groups is 1. The number of carbonyl (C=O) groups excluding carboxylic acids is 1. The van der Waals surface area contributed by atoms with Crippen molar-refractivity contribution in [1.82, 2.24) is 24.3 Å². The van der Waals surface area contributed by atoms with Crippen LogP contribution in [-0.2, 0) is 17.7 Å². The minimum absolute atomic E-state index is 0.284. The second kappa shape index (κ2) is 9.29. The minimum Gasteiger partial charge on any atom is -0.456 e. The van der Waals surface area contributed by atoms with Crippen LogP contribution < -0.4 is 10.1 Å². The van der Waals surface area contributed by atoms with Crippen molar-refractivity contribution in [3.63, 3.8) is 0 Å². The summed E-state index contributed by atoms with van der Waals surface area (Å²) in [5.41, 5.74) is 3.45. The third-order valence-electron chi connectivity index (χ3n) is 6.32. The van der Waals surface area contributed by atoms with Crippen molar-refractivity contribution in [3.8, 4) is 11.5 Å². The number of hydrogen-bond acceptors (Lipinski definition) is 8. The highest BCUT2D eigenvalue weighted by Gasteiger charge is 2.29. The molecule has 0 bridgehead atoms. The number of nitrogens with zero attached hydrogens (tertiary/aromatic N) is 5. The van der Waals surface area contributed by atoms with Gasteiger partial charge in [0, 0.05) is 29.5 Å². The molecule has 0 fully saturated rings. The third-order valence-corrected chi connectivity index (χ3v) is 7.44. The van der Waals surface area contributed by atoms with Crippen LogP contribution in [0.4, 0.5) is 16.3 Å². The van der Waals surface area contributed by atoms with Crippen molar-refractivity contribution in [1.29, 1.82) is 0 Å². The first kappa shape index (κ1) is 24.2. The first-order valence-corrected chi connectivity index (χ1v) is 13.3. The Balaban J connectivity index is 1.22. The SMILES string of the molecule is Cc1cc(Nc2ncnc3sc4c(c23)CCN(C(=O)OC(C)(C)C)C4)ccc1Oc1ccc2nccn2c1. The number of imidazole rings is 1. The lowest BCUT2D eigenvalue weighted by molar-refractivity contribution is 0.0227. The fraction of sp³-hybridized carbons (Fsp3) is 0.286. The van der Waals surface area contributed by atoms with E-state index in [1.54, 1.807) is 28.8 Å². The summed E-state index contributed by atoms with van der Waals surface area (Å²) in [7, 11) is 0. The van der Waals surface area contributed by atoms with E-state index in [0.29, 0.717) is 13.1 Å². The summed E-state index contributed by atoms with van der Waals surface area (Å²) in [4.78, 5) is 29.8. The van der Waals surface area contributed by atoms with Crippen LogP contribution in [0.15, 0.2) is 55.2 Å². The largest absolute Gasteiger partial charge is 0.456 e. The van der Waals surface area contributed by atoms with Crippen molar-refractivity contribution < 1.29 is 14.3 Å². The highest BCUT2D eigenvalue weighted by atomic mass is 32.1. The van der Waals surface area contributed by atoms with Gasteiger partial charge in [0.05, 0.1) is 18.1 Å². The van der Waals surface area contributed by atoms with Crippen molar-refractivity contribution in [2.24, 2.45) is 0 Å². The maximum atomic E-state index is 12.6. The van der Waals surface area contributed by atoms with Gasteiger partial charge in [0.2, 0.25) is 0 Å². The molecule has 5 aromatic rings. The number of fused-ring (bicyclic) bond motifs is 4. The smallest absolute Gasteiger partial charge is 0.410 e. The number of benzene rings is 1. The molecule has 1 aliphatic rings. The zero-order chi connectivity index (χ0) is 26.4. The first-order valence-electron chi connectivity index (χ1n) is 12.4. The van der Waals surface area contributed by atoms with Crippen molar-refractivity contribution in [2.45, 2.75) is 46.3 Å². The molecule has 1 amide bonds. The molecular formula is C28H28N6O3S. The molecule has 0 saturated carbocycles. The molecule has 0 saturated heterocycles. The number of nitrogens with one attached hydrogen (secondary N) is 1. The predicted molar refractivity (Wildman–Crippen MR) is 147 cm³/mol. The molecule has 0 unspecified atom stereocenters. The first-order chi connectivity index (χ1) is 18.2. The van der Waals surface area contributed by atoms with Crippen molar-refractivity contribution in [2.75, 3.05) is 11.9 Å². The molecule has 5 heterocycles. The molecule has 1 N–H and O–H groups in total. The van der Waals surface area contributed by atoms with Crippen molar-refractivity contribution in [3.05, 3.63) is 71.3 Å². The van der Waals surface area contributed by atoms with Gasteiger partial charge in [-0.05, 0) is 75.6 Å². The molecule has 38 heavy (non-hydrogen) atoms. The molecule has 0 spiro atoms. The van der Waals surface area contributed by atoms with Gasteiger partial charge in [0.1, 0.15) is 39.7 Å². The van der Waals surface area contributed by atoms with E-state index < -0.39 is 5.60 Å². The minimum atomic E-state index is -0.521. The number of hydrogen-bond donors (Lipinski definition) is 1. The maximum absolute atomic E-state index is 12.6. The van der Waals surface area contributed by atoms with Gasteiger partial charge in [-0.15, -0.1) is 11.3 Å². The van der Waals surface area contributed by atoms with E-state index in [1.165, 1.54) is 5.56 Å². The van der Waals surface area contributed by atoms with Gasteiger partial charge < -0.3 is 24.1 Å². The number of rotatable bonds is 4. The monoisotopic (exact) mass is 528 g/mol. The molecule has 4 aromatic heterocycles. The van der Waals surface area contributed by atoms with Crippen LogP contribution in [0, 0.1) is 6.92 Å². The number of amides is 1. The van der Waals surface area contributed by atoms with Crippen LogP contribution in [-0.4, -0.2) is 42.5 Å². The van der Waals surface area contributed by atoms with E-state index in [9.17, 15) is 4.79 Å². The van der Waals surface area contributed by atoms with E-state index >= 15 is 0 Å². The van der Waals surface area contributed by atoms with E-state index in [-0.39, 0.29) is 6.09 Å². The third kappa shape index (κ3) is 4.74. The second-order valence-electron chi connectivity index (χ2n) is 10.3. The predicted octanol–water partition coefficient (Wildman–Crippen LogP) is 6.48. The molecule has 0 radical (unpaired) electrons. The van der Waals surface area contributed by atoms with E-state index in [0.717, 1.165) is 55.7 Å². The van der Waals surface area contributed by atoms with Crippen LogP contribution in [0.1, 0.15) is 36.8 Å². The van der Waals surface area contributed by atoms with Gasteiger partial charge in [0.25, 0.3) is 0 Å². The quantitative estimate of drug-likeness (QED) is 0.285. The lowest BCUT2D eigenvalue weighted by atomic mass is 10.1. The summed E-state index contributed by atoms with van der Waals surface area (Å²) < 4.78 is 13.6. The highest BCUT2D eigenvalue weighted by Crippen LogP contribution is 2.39. The molecule has 0 atom stereocenters. The van der Waals surface area contributed by atoms with Crippen LogP contribution >= 0.6 is 11.3 Å². The Bertz CT molecular complexity index is 1670. The Morgan fingerprint density at radius 3 is 2.82 bits per heavy atom. The second-order valence-corrected chi connectivity index (χ2v) is 11.4. The van der Waals surface area contributed by atoms with E-state index in [2.05, 4.69) is 20.3 Å². The number of pyridine rings is 1. The standard InChI is InChI=1S/C28H28N6O3S/c1-17-13-18(5-7-21(17)36-19-6-8-23-29-10-12-33(23)14-19)32-25-24-20-9-11-34(27(35)37-28(2,3)4)15-22(20)38-26(24)31-16-30-25/h5-8,10,12-14,16H,9,11,15H2,1-4H3,(H,30,31,32). The van der Waals surface area contributed by atoms with Crippen LogP contribution in [0.5, 0.6) is 11.5 Å². The molecule has 0 aliphatic carbocycles. The summed E-state index contributed by atoms with van der Waals surface area (Å²) in [5.74, 6) is 2.27. The number of anilines is 2. The fourth-order valence-electron chi connectivity index (χ4n) is 4.57. The number of thiophene rings is 1. The Kier molecular flexibility index (Phi) is 5.91. The fourth-order valence-corrected chi connectivity index (χ4v) is 5.77. The van der Waals surface area contributed by atoms with Crippen LogP contribution in [0.3, 0.4) is 0 Å². The molecule has 1 aliphatic heterocycles. The van der Waals surface area contributed by atoms with E-state index in [1.807, 2.05) is 74.8 Å². The Morgan fingerprint density at radius 1 is 1.13 bits per heavy atom. The van der Waals surface area contributed by atoms with Gasteiger partial charge in [0.15, 0.2) is 0 Å². The van der Waals surface area contributed by atoms with Gasteiger partial charge >= 0.3 is 6.09 Å². The molecule has 6 rings (SSSR count). The summed E-state index contributed by atoms with van der Waals surface area (Å²) in [6, 6.07) is 9.82. The summed E-state index contributed by atoms with van der Waals surface area (Å²) in [5, 5.41) is 4.50. The Hall–Kier alpha value is -4.18. The topological polar surface area (TPSA) is 93.9 Å². The van der Waals surface area contributed by atoms with Gasteiger partial charge in [-0.2, -0.15) is 0 Å². The molecule has 194 valence electrons. The van der Waals surface area contributed by atoms with Gasteiger partial charge in [-0.25, -0.2) is 19.7 Å². The van der Waals surface area contributed by atoms with Crippen LogP contribution in [0.25, 0.3) is 15.9 Å².